The van der Waals surface area contributed by atoms with Gasteiger partial charge in [-0.15, -0.1) is 0 Å². The van der Waals surface area contributed by atoms with Crippen molar-refractivity contribution in [2.75, 3.05) is 13.1 Å². The van der Waals surface area contributed by atoms with Crippen LogP contribution in [0.15, 0.2) is 24.4 Å². The summed E-state index contributed by atoms with van der Waals surface area (Å²) in [6.45, 7) is 6.75. The number of amides is 1. The van der Waals surface area contributed by atoms with Crippen LogP contribution in [0.5, 0.6) is 0 Å². The molecule has 0 spiro atoms. The van der Waals surface area contributed by atoms with Crippen molar-refractivity contribution < 1.29 is 14.6 Å². The molecule has 21 heavy (non-hydrogen) atoms. The molecule has 0 saturated carbocycles. The third-order valence-electron chi connectivity index (χ3n) is 3.20. The zero-order chi connectivity index (χ0) is 15.5. The molecule has 0 bridgehead atoms. The van der Waals surface area contributed by atoms with Gasteiger partial charge in [0.1, 0.15) is 5.60 Å². The Balaban J connectivity index is 1.99. The van der Waals surface area contributed by atoms with Crippen LogP contribution in [0, 0.1) is 0 Å². The van der Waals surface area contributed by atoms with Gasteiger partial charge in [-0.05, 0) is 44.4 Å². The van der Waals surface area contributed by atoms with Crippen molar-refractivity contribution in [1.29, 1.82) is 0 Å². The average molecular weight is 290 g/mol. The minimum Gasteiger partial charge on any atom is -0.444 e. The van der Waals surface area contributed by atoms with Crippen LogP contribution in [0.25, 0.3) is 5.57 Å². The highest BCUT2D eigenvalue weighted by Crippen LogP contribution is 2.22. The molecule has 114 valence electrons. The van der Waals surface area contributed by atoms with Crippen LogP contribution in [0.1, 0.15) is 38.4 Å². The Morgan fingerprint density at radius 2 is 2.19 bits per heavy atom. The Morgan fingerprint density at radius 1 is 1.43 bits per heavy atom. The summed E-state index contributed by atoms with van der Waals surface area (Å²) in [5.74, 6) is 0. The van der Waals surface area contributed by atoms with E-state index in [1.807, 2.05) is 39.0 Å². The van der Waals surface area contributed by atoms with E-state index in [0.717, 1.165) is 23.3 Å². The van der Waals surface area contributed by atoms with Crippen LogP contribution in [0.4, 0.5) is 4.79 Å². The molecule has 5 heteroatoms. The number of aromatic nitrogens is 1. The van der Waals surface area contributed by atoms with Gasteiger partial charge in [-0.2, -0.15) is 0 Å². The molecule has 0 saturated heterocycles. The summed E-state index contributed by atoms with van der Waals surface area (Å²) in [6.07, 6.45) is 4.16. The minimum atomic E-state index is -0.469. The lowest BCUT2D eigenvalue weighted by Gasteiger charge is -2.29. The molecule has 0 fully saturated rings. The van der Waals surface area contributed by atoms with Crippen molar-refractivity contribution in [2.24, 2.45) is 0 Å². The Morgan fingerprint density at radius 3 is 2.67 bits per heavy atom. The number of pyridine rings is 1. The van der Waals surface area contributed by atoms with E-state index in [9.17, 15) is 4.79 Å². The summed E-state index contributed by atoms with van der Waals surface area (Å²) in [5, 5.41) is 9.01. The zero-order valence-corrected chi connectivity index (χ0v) is 12.8. The molecule has 1 aromatic heterocycles. The molecule has 2 heterocycles. The van der Waals surface area contributed by atoms with Gasteiger partial charge in [-0.25, -0.2) is 4.79 Å². The third kappa shape index (κ3) is 4.29. The smallest absolute Gasteiger partial charge is 0.410 e. The molecule has 0 radical (unpaired) electrons. The maximum atomic E-state index is 12.0. The first-order valence-electron chi connectivity index (χ1n) is 7.12. The fraction of sp³-hybridized carbons (Fsp3) is 0.500. The second-order valence-corrected chi connectivity index (χ2v) is 6.12. The van der Waals surface area contributed by atoms with Crippen molar-refractivity contribution in [3.63, 3.8) is 0 Å². The van der Waals surface area contributed by atoms with Gasteiger partial charge in [0.25, 0.3) is 0 Å². The fourth-order valence-electron chi connectivity index (χ4n) is 2.10. The maximum absolute atomic E-state index is 12.0. The molecule has 1 N–H and O–H groups in total. The Labute approximate surface area is 125 Å². The highest BCUT2D eigenvalue weighted by Gasteiger charge is 2.23. The summed E-state index contributed by atoms with van der Waals surface area (Å²) >= 11 is 0. The number of rotatable bonds is 2. The lowest BCUT2D eigenvalue weighted by atomic mass is 10.0. The molecular formula is C16H22N2O3. The standard InChI is InChI=1S/C16H22N2O3/c1-16(2,3)21-15(20)18-8-6-13(7-9-18)14-5-4-12(11-19)10-17-14/h4-6,10,19H,7-9,11H2,1-3H3. The fourth-order valence-corrected chi connectivity index (χ4v) is 2.10. The van der Waals surface area contributed by atoms with Crippen LogP contribution in [0.2, 0.25) is 0 Å². The van der Waals surface area contributed by atoms with Gasteiger partial charge in [-0.1, -0.05) is 12.1 Å². The molecule has 2 rings (SSSR count). The molecule has 1 aliphatic rings. The molecule has 0 aliphatic carbocycles. The maximum Gasteiger partial charge on any atom is 0.410 e. The van der Waals surface area contributed by atoms with Crippen molar-refractivity contribution in [3.05, 3.63) is 35.7 Å². The molecule has 0 aromatic carbocycles. The molecule has 1 amide bonds. The van der Waals surface area contributed by atoms with Crippen molar-refractivity contribution in [2.45, 2.75) is 39.4 Å². The molecule has 5 nitrogen and oxygen atoms in total. The highest BCUT2D eigenvalue weighted by atomic mass is 16.6. The van der Waals surface area contributed by atoms with Gasteiger partial charge >= 0.3 is 6.09 Å². The van der Waals surface area contributed by atoms with E-state index >= 15 is 0 Å². The van der Waals surface area contributed by atoms with E-state index < -0.39 is 5.60 Å². The van der Waals surface area contributed by atoms with E-state index in [1.165, 1.54) is 0 Å². The largest absolute Gasteiger partial charge is 0.444 e. The summed E-state index contributed by atoms with van der Waals surface area (Å²) in [7, 11) is 0. The van der Waals surface area contributed by atoms with Gasteiger partial charge in [0.2, 0.25) is 0 Å². The molecule has 0 unspecified atom stereocenters. The van der Waals surface area contributed by atoms with Gasteiger partial charge in [0.05, 0.1) is 12.3 Å². The average Bonchev–Trinajstić information content (AvgIpc) is 2.46. The molecule has 0 atom stereocenters. The van der Waals surface area contributed by atoms with E-state index in [4.69, 9.17) is 9.84 Å². The number of aliphatic hydroxyl groups is 1. The minimum absolute atomic E-state index is 0.00124. The first-order valence-corrected chi connectivity index (χ1v) is 7.12. The normalized spacial score (nSPS) is 15.6. The second-order valence-electron chi connectivity index (χ2n) is 6.12. The molecule has 1 aromatic rings. The van der Waals surface area contributed by atoms with Crippen molar-refractivity contribution in [1.82, 2.24) is 9.88 Å². The first kappa shape index (κ1) is 15.5. The van der Waals surface area contributed by atoms with Crippen LogP contribution in [-0.2, 0) is 11.3 Å². The number of ether oxygens (including phenoxy) is 1. The highest BCUT2D eigenvalue weighted by molar-refractivity contribution is 5.71. The van der Waals surface area contributed by atoms with E-state index in [-0.39, 0.29) is 12.7 Å². The number of carbonyl (C=O) groups is 1. The van der Waals surface area contributed by atoms with Crippen molar-refractivity contribution >= 4 is 11.7 Å². The van der Waals surface area contributed by atoms with E-state index in [1.54, 1.807) is 11.1 Å². The predicted molar refractivity (Wildman–Crippen MR) is 80.6 cm³/mol. The predicted octanol–water partition coefficient (Wildman–Crippen LogP) is 2.60. The van der Waals surface area contributed by atoms with Crippen LogP contribution in [-0.4, -0.2) is 39.8 Å². The Bertz CT molecular complexity index is 529. The van der Waals surface area contributed by atoms with Gasteiger partial charge in [0.15, 0.2) is 0 Å². The summed E-state index contributed by atoms with van der Waals surface area (Å²) in [4.78, 5) is 18.0. The molecular weight excluding hydrogens is 268 g/mol. The summed E-state index contributed by atoms with van der Waals surface area (Å²) < 4.78 is 5.36. The van der Waals surface area contributed by atoms with E-state index in [2.05, 4.69) is 4.98 Å². The van der Waals surface area contributed by atoms with Gasteiger partial charge in [0, 0.05) is 19.3 Å². The second kappa shape index (κ2) is 6.26. The first-order chi connectivity index (χ1) is 9.89. The monoisotopic (exact) mass is 290 g/mol. The van der Waals surface area contributed by atoms with Gasteiger partial charge in [-0.3, -0.25) is 4.98 Å². The van der Waals surface area contributed by atoms with Crippen LogP contribution < -0.4 is 0 Å². The number of hydrogen-bond donors (Lipinski definition) is 1. The number of nitrogens with zero attached hydrogens (tertiary/aromatic N) is 2. The lowest BCUT2D eigenvalue weighted by molar-refractivity contribution is 0.0270. The third-order valence-corrected chi connectivity index (χ3v) is 3.20. The SMILES string of the molecule is CC(C)(C)OC(=O)N1CC=C(c2ccc(CO)cn2)CC1. The Kier molecular flexibility index (Phi) is 4.63. The quantitative estimate of drug-likeness (QED) is 0.909. The zero-order valence-electron chi connectivity index (χ0n) is 12.8. The van der Waals surface area contributed by atoms with Crippen LogP contribution in [0.3, 0.4) is 0 Å². The van der Waals surface area contributed by atoms with Gasteiger partial charge < -0.3 is 14.7 Å². The van der Waals surface area contributed by atoms with Crippen molar-refractivity contribution in [3.8, 4) is 0 Å². The molecule has 1 aliphatic heterocycles. The Hall–Kier alpha value is -1.88. The van der Waals surface area contributed by atoms with Crippen LogP contribution >= 0.6 is 0 Å². The number of hydrogen-bond acceptors (Lipinski definition) is 4. The lowest BCUT2D eigenvalue weighted by Crippen LogP contribution is -2.39. The number of aliphatic hydroxyl groups excluding tert-OH is 1. The topological polar surface area (TPSA) is 62.7 Å². The summed E-state index contributed by atoms with van der Waals surface area (Å²) in [6, 6.07) is 3.77. The summed E-state index contributed by atoms with van der Waals surface area (Å²) in [5.41, 5.74) is 2.35. The number of carbonyl (C=O) groups excluding carboxylic acids is 1. The van der Waals surface area contributed by atoms with E-state index in [0.29, 0.717) is 13.1 Å².